The van der Waals surface area contributed by atoms with E-state index in [9.17, 15) is 23.5 Å². The number of aromatic nitrogens is 2. The minimum Gasteiger partial charge on any atom is -0.493 e. The highest BCUT2D eigenvalue weighted by atomic mass is 35.5. The number of aryl methyl sites for hydroxylation is 2. The van der Waals surface area contributed by atoms with Gasteiger partial charge in [-0.25, -0.2) is 13.8 Å². The van der Waals surface area contributed by atoms with Crippen molar-refractivity contribution in [2.24, 2.45) is 0 Å². The van der Waals surface area contributed by atoms with Crippen LogP contribution in [-0.2, 0) is 0 Å². The van der Waals surface area contributed by atoms with Gasteiger partial charge in [0.05, 0.1) is 0 Å². The van der Waals surface area contributed by atoms with E-state index in [4.69, 9.17) is 63.4 Å². The summed E-state index contributed by atoms with van der Waals surface area (Å²) >= 11 is 30.8. The van der Waals surface area contributed by atoms with Crippen molar-refractivity contribution in [2.75, 3.05) is 0 Å². The lowest BCUT2D eigenvalue weighted by Crippen LogP contribution is -2.13. The molecule has 0 unspecified atom stereocenters. The molecule has 2 heterocycles. The molecule has 0 aliphatic heterocycles. The lowest BCUT2D eigenvalue weighted by molar-refractivity contribution is 0.456. The zero-order chi connectivity index (χ0) is 37.1. The van der Waals surface area contributed by atoms with Crippen LogP contribution in [0.1, 0.15) is 18.1 Å². The average molecular weight is 823 g/mol. The van der Waals surface area contributed by atoms with Gasteiger partial charge in [0.25, 0.3) is 5.56 Å². The summed E-state index contributed by atoms with van der Waals surface area (Å²) in [5.74, 6) is -1.77. The molecule has 4 aromatic carbocycles. The minimum atomic E-state index is -0.641. The highest BCUT2D eigenvalue weighted by Crippen LogP contribution is 2.38. The zero-order valence-corrected chi connectivity index (χ0v) is 32.0. The fourth-order valence-electron chi connectivity index (χ4n) is 4.57. The van der Waals surface area contributed by atoms with Crippen LogP contribution in [0.25, 0.3) is 43.4 Å². The van der Waals surface area contributed by atoms with Crippen LogP contribution in [0.4, 0.5) is 8.78 Å². The Hall–Kier alpha value is -3.81. The molecule has 0 aliphatic carbocycles. The van der Waals surface area contributed by atoms with Crippen molar-refractivity contribution in [3.8, 4) is 54.3 Å². The Morgan fingerprint density at radius 3 is 1.63 bits per heavy atom. The first-order valence-electron chi connectivity index (χ1n) is 14.5. The summed E-state index contributed by atoms with van der Waals surface area (Å²) in [6, 6.07) is 18.7. The second kappa shape index (κ2) is 16.2. The Bertz CT molecular complexity index is 2420. The van der Waals surface area contributed by atoms with Crippen molar-refractivity contribution in [1.29, 1.82) is 0 Å². The molecule has 0 amide bonds. The number of ether oxygens (including phenoxy) is 1. The molecule has 1 N–H and O–H groups in total. The Morgan fingerprint density at radius 2 is 1.18 bits per heavy atom. The van der Waals surface area contributed by atoms with Crippen molar-refractivity contribution in [3.63, 3.8) is 0 Å². The van der Waals surface area contributed by atoms with E-state index in [-0.39, 0.29) is 32.4 Å². The predicted octanol–water partition coefficient (Wildman–Crippen LogP) is 11.6. The highest BCUT2D eigenvalue weighted by Gasteiger charge is 2.22. The van der Waals surface area contributed by atoms with Gasteiger partial charge in [-0.2, -0.15) is 4.98 Å². The molecule has 2 aromatic heterocycles. The minimum absolute atomic E-state index is 0.0127. The summed E-state index contributed by atoms with van der Waals surface area (Å²) in [7, 11) is 0. The third kappa shape index (κ3) is 8.99. The topological polar surface area (TPSA) is 89.4 Å². The molecule has 0 radical (unpaired) electrons. The summed E-state index contributed by atoms with van der Waals surface area (Å²) in [4.78, 5) is 33.3. The van der Waals surface area contributed by atoms with Crippen molar-refractivity contribution < 1.29 is 18.6 Å². The fourth-order valence-corrected chi connectivity index (χ4v) is 7.17. The maximum absolute atomic E-state index is 14.6. The molecule has 6 rings (SSSR count). The maximum atomic E-state index is 14.6. The van der Waals surface area contributed by atoms with Gasteiger partial charge in [-0.1, -0.05) is 93.3 Å². The lowest BCUT2D eigenvalue weighted by Gasteiger charge is -2.12. The van der Waals surface area contributed by atoms with Crippen LogP contribution in [0.2, 0.25) is 20.1 Å². The van der Waals surface area contributed by atoms with E-state index in [0.29, 0.717) is 52.4 Å². The van der Waals surface area contributed by atoms with Gasteiger partial charge in [-0.05, 0) is 85.7 Å². The van der Waals surface area contributed by atoms with Crippen LogP contribution in [0, 0.1) is 25.5 Å². The molecule has 51 heavy (non-hydrogen) atoms. The molecule has 260 valence electrons. The number of hydrogen-bond donors (Lipinski definition) is 1. The van der Waals surface area contributed by atoms with Crippen LogP contribution in [0.15, 0.2) is 82.4 Å². The lowest BCUT2D eigenvalue weighted by atomic mass is 10.1. The molecule has 0 spiro atoms. The predicted molar refractivity (Wildman–Crippen MR) is 209 cm³/mol. The van der Waals surface area contributed by atoms with E-state index in [2.05, 4.69) is 9.97 Å². The van der Waals surface area contributed by atoms with E-state index in [0.717, 1.165) is 22.7 Å². The third-order valence-electron chi connectivity index (χ3n) is 7.09. The number of rotatable bonds is 5. The van der Waals surface area contributed by atoms with Crippen molar-refractivity contribution in [1.82, 2.24) is 9.97 Å². The van der Waals surface area contributed by atoms with E-state index < -0.39 is 27.8 Å². The summed E-state index contributed by atoms with van der Waals surface area (Å²) in [6.45, 7) is 4.89. The molecule has 0 saturated heterocycles. The summed E-state index contributed by atoms with van der Waals surface area (Å²) in [6.07, 6.45) is 0. The second-order valence-electron chi connectivity index (χ2n) is 10.8. The zero-order valence-electron chi connectivity index (χ0n) is 26.5. The smallest absolute Gasteiger partial charge is 0.283 e. The van der Waals surface area contributed by atoms with Gasteiger partial charge < -0.3 is 9.84 Å². The Kier molecular flexibility index (Phi) is 12.2. The van der Waals surface area contributed by atoms with Gasteiger partial charge in [0, 0.05) is 49.3 Å². The summed E-state index contributed by atoms with van der Waals surface area (Å²) < 4.78 is 33.8. The molecular formula is C36H22Cl4F2N2O4S3. The first kappa shape index (κ1) is 38.4. The summed E-state index contributed by atoms with van der Waals surface area (Å²) in [5.41, 5.74) is 1.52. The molecule has 0 fully saturated rings. The molecule has 0 aliphatic rings. The standard InChI is InChI=1S/C19H12Cl2FNO2S2.C17H10Cl2FNO2S/c1-9-7-15(22)13(8-14(9)21)16-17(24)23-18(27-19(16)25-10(2)26)11-3-5-12(20)6-4-11;1-8-6-13(20)11(7-12(8)19)14-15(22)21-16(24-17(14)23)9-2-4-10(18)5-3-9/h3-8H,1-2H3;2-7,22H,1H3. The van der Waals surface area contributed by atoms with Gasteiger partial charge in [-0.15, -0.1) is 0 Å². The maximum Gasteiger partial charge on any atom is 0.283 e. The number of thiocarbonyl (C=S) groups is 1. The van der Waals surface area contributed by atoms with Crippen LogP contribution in [0.3, 0.4) is 0 Å². The van der Waals surface area contributed by atoms with Crippen molar-refractivity contribution >= 4 is 86.3 Å². The molecule has 15 heteroatoms. The van der Waals surface area contributed by atoms with E-state index >= 15 is 0 Å². The second-order valence-corrected chi connectivity index (χ2v) is 14.9. The van der Waals surface area contributed by atoms with E-state index in [1.807, 2.05) is 0 Å². The molecule has 0 bridgehead atoms. The number of hydrogen-bond acceptors (Lipinski definition) is 9. The Balaban J connectivity index is 0.000000199. The van der Waals surface area contributed by atoms with Crippen LogP contribution in [0.5, 0.6) is 10.9 Å². The Morgan fingerprint density at radius 1 is 0.725 bits per heavy atom. The average Bonchev–Trinajstić information content (AvgIpc) is 3.06. The van der Waals surface area contributed by atoms with Gasteiger partial charge in [-0.3, -0.25) is 9.59 Å². The van der Waals surface area contributed by atoms with Crippen LogP contribution in [-0.4, -0.2) is 20.1 Å². The monoisotopic (exact) mass is 820 g/mol. The normalized spacial score (nSPS) is 10.8. The molecule has 6 nitrogen and oxygen atoms in total. The van der Waals surface area contributed by atoms with Crippen molar-refractivity contribution in [2.45, 2.75) is 20.8 Å². The Labute approximate surface area is 323 Å². The highest BCUT2D eigenvalue weighted by molar-refractivity contribution is 7.80. The number of benzene rings is 4. The van der Waals surface area contributed by atoms with Crippen LogP contribution >= 0.6 is 81.3 Å². The van der Waals surface area contributed by atoms with Crippen molar-refractivity contribution in [3.05, 3.63) is 136 Å². The van der Waals surface area contributed by atoms with Gasteiger partial charge >= 0.3 is 0 Å². The molecule has 0 atom stereocenters. The number of aromatic hydroxyl groups is 1. The molecule has 6 aromatic rings. The van der Waals surface area contributed by atoms with Gasteiger partial charge in [0.15, 0.2) is 10.1 Å². The summed E-state index contributed by atoms with van der Waals surface area (Å²) in [5, 5.41) is 13.0. The SMILES string of the molecule is CC(=S)Oc1sc(-c2ccc(Cl)cc2)nc(=O)c1-c1cc(Cl)c(C)cc1F.Cc1cc(F)c(-c2c(O)nc(-c3ccc(Cl)cc3)sc2=O)cc1Cl. The van der Waals surface area contributed by atoms with E-state index in [1.54, 1.807) is 69.3 Å². The number of nitrogens with zero attached hydrogens (tertiary/aromatic N) is 2. The van der Waals surface area contributed by atoms with Gasteiger partial charge in [0.2, 0.25) is 10.6 Å². The molecule has 0 saturated carbocycles. The number of halogens is 6. The molecular weight excluding hydrogens is 800 g/mol. The largest absolute Gasteiger partial charge is 0.493 e. The third-order valence-corrected chi connectivity index (χ3v) is 10.4. The first-order chi connectivity index (χ1) is 24.1. The first-order valence-corrected chi connectivity index (χ1v) is 18.1. The van der Waals surface area contributed by atoms with Gasteiger partial charge in [0.1, 0.15) is 32.8 Å². The quantitative estimate of drug-likeness (QED) is 0.173. The van der Waals surface area contributed by atoms with E-state index in [1.165, 1.54) is 24.3 Å². The fraction of sp³-hybridized carbons (Fsp3) is 0.0833. The van der Waals surface area contributed by atoms with Crippen LogP contribution < -0.4 is 15.0 Å².